The number of phenols is 1. The van der Waals surface area contributed by atoms with Crippen molar-refractivity contribution >= 4 is 18.0 Å². The molecule has 0 saturated carbocycles. The van der Waals surface area contributed by atoms with Crippen LogP contribution in [0.1, 0.15) is 18.1 Å². The van der Waals surface area contributed by atoms with Crippen LogP contribution in [0.15, 0.2) is 54.6 Å². The molecule has 2 atom stereocenters. The predicted molar refractivity (Wildman–Crippen MR) is 98.0 cm³/mol. The third kappa shape index (κ3) is 6.64. The molecule has 2 aromatic carbocycles. The van der Waals surface area contributed by atoms with Crippen LogP contribution in [0.5, 0.6) is 5.75 Å². The van der Waals surface area contributed by atoms with Gasteiger partial charge in [-0.25, -0.2) is 4.79 Å². The molecule has 0 saturated heterocycles. The molecule has 8 heteroatoms. The Morgan fingerprint density at radius 1 is 1.00 bits per heavy atom. The number of hydrogen-bond donors (Lipinski definition) is 3. The maximum atomic E-state index is 12.4. The Hall–Kier alpha value is -3.55. The van der Waals surface area contributed by atoms with Gasteiger partial charge in [-0.1, -0.05) is 42.5 Å². The van der Waals surface area contributed by atoms with Crippen LogP contribution < -0.4 is 15.7 Å². The van der Waals surface area contributed by atoms with Gasteiger partial charge in [0.15, 0.2) is 0 Å². The van der Waals surface area contributed by atoms with Gasteiger partial charge in [-0.05, 0) is 30.2 Å². The molecule has 0 spiro atoms. The smallest absolute Gasteiger partial charge is 0.408 e. The zero-order valence-electron chi connectivity index (χ0n) is 15.3. The molecule has 2 aromatic rings. The minimum atomic E-state index is -1.44. The summed E-state index contributed by atoms with van der Waals surface area (Å²) in [5, 5.41) is 24.9. The third-order valence-electron chi connectivity index (χ3n) is 3.91. The van der Waals surface area contributed by atoms with Crippen molar-refractivity contribution in [2.24, 2.45) is 0 Å². The molecule has 0 aromatic heterocycles. The molecular formula is C20H21N2O6-. The van der Waals surface area contributed by atoms with E-state index in [0.717, 1.165) is 5.56 Å². The van der Waals surface area contributed by atoms with E-state index in [2.05, 4.69) is 10.6 Å². The van der Waals surface area contributed by atoms with Gasteiger partial charge in [-0.3, -0.25) is 4.79 Å². The quantitative estimate of drug-likeness (QED) is 0.607. The summed E-state index contributed by atoms with van der Waals surface area (Å²) < 4.78 is 5.12. The Bertz CT molecular complexity index is 807. The number of amides is 2. The van der Waals surface area contributed by atoms with Crippen molar-refractivity contribution in [1.82, 2.24) is 10.6 Å². The van der Waals surface area contributed by atoms with Crippen LogP contribution in [0.25, 0.3) is 0 Å². The Morgan fingerprint density at radius 3 is 2.25 bits per heavy atom. The van der Waals surface area contributed by atoms with Crippen LogP contribution in [-0.2, 0) is 27.4 Å². The second-order valence-corrected chi connectivity index (χ2v) is 6.18. The number of carbonyl (C=O) groups excluding carboxylic acids is 3. The largest absolute Gasteiger partial charge is 0.548 e. The van der Waals surface area contributed by atoms with Crippen molar-refractivity contribution in [1.29, 1.82) is 0 Å². The topological polar surface area (TPSA) is 128 Å². The highest BCUT2D eigenvalue weighted by Gasteiger charge is 2.23. The van der Waals surface area contributed by atoms with Gasteiger partial charge in [0.05, 0.1) is 12.0 Å². The Kier molecular flexibility index (Phi) is 7.38. The monoisotopic (exact) mass is 385 g/mol. The van der Waals surface area contributed by atoms with Gasteiger partial charge in [0.25, 0.3) is 0 Å². The predicted octanol–water partition coefficient (Wildman–Crippen LogP) is 0.484. The Labute approximate surface area is 162 Å². The lowest BCUT2D eigenvalue weighted by molar-refractivity contribution is -0.307. The minimum Gasteiger partial charge on any atom is -0.548 e. The van der Waals surface area contributed by atoms with E-state index in [4.69, 9.17) is 4.74 Å². The van der Waals surface area contributed by atoms with E-state index >= 15 is 0 Å². The van der Waals surface area contributed by atoms with Gasteiger partial charge in [0.1, 0.15) is 18.4 Å². The molecule has 148 valence electrons. The van der Waals surface area contributed by atoms with E-state index < -0.39 is 30.1 Å². The third-order valence-corrected chi connectivity index (χ3v) is 3.91. The average Bonchev–Trinajstić information content (AvgIpc) is 2.68. The zero-order valence-corrected chi connectivity index (χ0v) is 15.3. The number of carboxylic acid groups (broad SMARTS) is 1. The number of nitrogens with one attached hydrogen (secondary N) is 2. The molecule has 28 heavy (non-hydrogen) atoms. The first-order chi connectivity index (χ1) is 13.3. The Balaban J connectivity index is 2.03. The number of carbonyl (C=O) groups is 3. The summed E-state index contributed by atoms with van der Waals surface area (Å²) in [6, 6.07) is 12.8. The molecule has 3 N–H and O–H groups in total. The Morgan fingerprint density at radius 2 is 1.64 bits per heavy atom. The van der Waals surface area contributed by atoms with Crippen LogP contribution in [0.3, 0.4) is 0 Å². The molecule has 2 rings (SSSR count). The van der Waals surface area contributed by atoms with Crippen molar-refractivity contribution in [3.63, 3.8) is 0 Å². The highest BCUT2D eigenvalue weighted by atomic mass is 16.5. The SMILES string of the molecule is C[C@H](NC(=O)[C@H](Cc1ccc(O)cc1)NC(=O)OCc1ccccc1)C(=O)[O-]. The number of aliphatic carboxylic acids is 1. The number of benzene rings is 2. The first-order valence-electron chi connectivity index (χ1n) is 8.61. The fourth-order valence-corrected chi connectivity index (χ4v) is 2.36. The van der Waals surface area contributed by atoms with Crippen molar-refractivity contribution < 1.29 is 29.3 Å². The number of aromatic hydroxyl groups is 1. The lowest BCUT2D eigenvalue weighted by Gasteiger charge is -2.22. The van der Waals surface area contributed by atoms with E-state index in [-0.39, 0.29) is 18.8 Å². The number of phenolic OH excluding ortho intramolecular Hbond substituents is 1. The standard InChI is InChI=1S/C20H22N2O6/c1-13(19(25)26)21-18(24)17(11-14-7-9-16(23)10-8-14)22-20(27)28-12-15-5-3-2-4-6-15/h2-10,13,17,23H,11-12H2,1H3,(H,21,24)(H,22,27)(H,25,26)/p-1/t13-,17-/m0/s1. The van der Waals surface area contributed by atoms with Gasteiger partial charge in [0.2, 0.25) is 5.91 Å². The number of hydrogen-bond acceptors (Lipinski definition) is 6. The lowest BCUT2D eigenvalue weighted by Crippen LogP contribution is -2.54. The van der Waals surface area contributed by atoms with Crippen LogP contribution in [0.2, 0.25) is 0 Å². The van der Waals surface area contributed by atoms with Crippen LogP contribution in [0, 0.1) is 0 Å². The summed E-state index contributed by atoms with van der Waals surface area (Å²) in [7, 11) is 0. The van der Waals surface area contributed by atoms with Gasteiger partial charge in [-0.15, -0.1) is 0 Å². The molecular weight excluding hydrogens is 364 g/mol. The molecule has 0 bridgehead atoms. The van der Waals surface area contributed by atoms with Crippen molar-refractivity contribution in [2.45, 2.75) is 32.0 Å². The summed E-state index contributed by atoms with van der Waals surface area (Å²) in [6.45, 7) is 1.29. The van der Waals surface area contributed by atoms with Crippen molar-refractivity contribution in [2.75, 3.05) is 0 Å². The maximum absolute atomic E-state index is 12.4. The van der Waals surface area contributed by atoms with E-state index in [1.807, 2.05) is 6.07 Å². The molecule has 0 fully saturated rings. The average molecular weight is 385 g/mol. The lowest BCUT2D eigenvalue weighted by atomic mass is 10.0. The van der Waals surface area contributed by atoms with Crippen LogP contribution in [-0.4, -0.2) is 35.2 Å². The second kappa shape index (κ2) is 9.96. The number of alkyl carbamates (subject to hydrolysis) is 1. The number of carboxylic acids is 1. The highest BCUT2D eigenvalue weighted by molar-refractivity contribution is 5.89. The second-order valence-electron chi connectivity index (χ2n) is 6.18. The first kappa shape index (κ1) is 20.8. The van der Waals surface area contributed by atoms with Crippen molar-refractivity contribution in [3.8, 4) is 5.75 Å². The fraction of sp³-hybridized carbons (Fsp3) is 0.250. The van der Waals surface area contributed by atoms with E-state index in [0.29, 0.717) is 5.56 Å². The first-order valence-corrected chi connectivity index (χ1v) is 8.61. The van der Waals surface area contributed by atoms with Gasteiger partial charge < -0.3 is 30.4 Å². The number of rotatable bonds is 8. The van der Waals surface area contributed by atoms with E-state index in [1.54, 1.807) is 36.4 Å². The fourth-order valence-electron chi connectivity index (χ4n) is 2.36. The molecule has 0 aliphatic rings. The van der Waals surface area contributed by atoms with Gasteiger partial charge in [-0.2, -0.15) is 0 Å². The minimum absolute atomic E-state index is 0.0235. The summed E-state index contributed by atoms with van der Waals surface area (Å²) in [5.41, 5.74) is 1.44. The zero-order chi connectivity index (χ0) is 20.5. The van der Waals surface area contributed by atoms with Gasteiger partial charge >= 0.3 is 6.09 Å². The van der Waals surface area contributed by atoms with E-state index in [9.17, 15) is 24.6 Å². The summed E-state index contributed by atoms with van der Waals surface area (Å²) in [4.78, 5) is 35.4. The van der Waals surface area contributed by atoms with Crippen LogP contribution in [0.4, 0.5) is 4.79 Å². The molecule has 0 heterocycles. The molecule has 0 radical (unpaired) electrons. The molecule has 2 amide bonds. The summed E-state index contributed by atoms with van der Waals surface area (Å²) in [6.07, 6.45) is -0.740. The molecule has 0 aliphatic heterocycles. The molecule has 0 unspecified atom stereocenters. The molecule has 0 aliphatic carbocycles. The van der Waals surface area contributed by atoms with Crippen molar-refractivity contribution in [3.05, 3.63) is 65.7 Å². The van der Waals surface area contributed by atoms with Gasteiger partial charge in [0, 0.05) is 6.42 Å². The van der Waals surface area contributed by atoms with E-state index in [1.165, 1.54) is 19.1 Å². The molecule has 8 nitrogen and oxygen atoms in total. The summed E-state index contributed by atoms with van der Waals surface area (Å²) in [5.74, 6) is -2.07. The summed E-state index contributed by atoms with van der Waals surface area (Å²) >= 11 is 0. The highest BCUT2D eigenvalue weighted by Crippen LogP contribution is 2.12. The maximum Gasteiger partial charge on any atom is 0.408 e. The number of ether oxygens (including phenoxy) is 1. The normalized spacial score (nSPS) is 12.5. The van der Waals surface area contributed by atoms with Crippen LogP contribution >= 0.6 is 0 Å².